The topological polar surface area (TPSA) is 58.6 Å². The summed E-state index contributed by atoms with van der Waals surface area (Å²) < 4.78 is 6.57. The maximum atomic E-state index is 13.4. The highest BCUT2D eigenvalue weighted by Crippen LogP contribution is 2.36. The highest BCUT2D eigenvalue weighted by atomic mass is 32.1. The first-order valence-electron chi connectivity index (χ1n) is 10.4. The van der Waals surface area contributed by atoms with Crippen molar-refractivity contribution in [2.75, 3.05) is 23.9 Å². The van der Waals surface area contributed by atoms with Crippen LogP contribution in [0.25, 0.3) is 10.1 Å². The lowest BCUT2D eigenvalue weighted by Gasteiger charge is -2.26. The van der Waals surface area contributed by atoms with Crippen molar-refractivity contribution in [3.8, 4) is 5.75 Å². The number of thiophene rings is 1. The number of amides is 2. The number of anilines is 2. The van der Waals surface area contributed by atoms with Crippen LogP contribution in [0.1, 0.15) is 26.4 Å². The molecule has 0 saturated heterocycles. The van der Waals surface area contributed by atoms with E-state index in [4.69, 9.17) is 4.74 Å². The van der Waals surface area contributed by atoms with Gasteiger partial charge in [-0.25, -0.2) is 0 Å². The number of carbonyl (C=O) groups is 2. The number of likely N-dealkylation sites (N-methyl/N-ethyl adjacent to an activating group) is 1. The van der Waals surface area contributed by atoms with E-state index in [1.165, 1.54) is 22.5 Å². The first-order valence-corrected chi connectivity index (χ1v) is 11.2. The molecule has 160 valence electrons. The van der Waals surface area contributed by atoms with Crippen LogP contribution in [0, 0.1) is 6.92 Å². The van der Waals surface area contributed by atoms with Crippen molar-refractivity contribution in [3.05, 3.63) is 88.3 Å². The highest BCUT2D eigenvalue weighted by molar-refractivity contribution is 7.21. The SMILES string of the molecule is Cc1ccc(Cc2c(C(=O)Nc3ccc4c(c3)N(C)C(=O)CO4)sc3ccccc23)cc1. The molecule has 0 unspecified atom stereocenters. The second-order valence-corrected chi connectivity index (χ2v) is 9.00. The van der Waals surface area contributed by atoms with Gasteiger partial charge < -0.3 is 15.0 Å². The predicted octanol–water partition coefficient (Wildman–Crippen LogP) is 5.41. The zero-order chi connectivity index (χ0) is 22.2. The maximum Gasteiger partial charge on any atom is 0.266 e. The number of rotatable bonds is 4. The summed E-state index contributed by atoms with van der Waals surface area (Å²) in [5.41, 5.74) is 4.68. The van der Waals surface area contributed by atoms with Gasteiger partial charge in [0.1, 0.15) is 5.75 Å². The van der Waals surface area contributed by atoms with Crippen molar-refractivity contribution < 1.29 is 14.3 Å². The van der Waals surface area contributed by atoms with E-state index in [1.54, 1.807) is 30.1 Å². The largest absolute Gasteiger partial charge is 0.482 e. The van der Waals surface area contributed by atoms with Crippen LogP contribution in [-0.2, 0) is 11.2 Å². The molecule has 0 fully saturated rings. The molecule has 1 N–H and O–H groups in total. The molecule has 0 radical (unpaired) electrons. The summed E-state index contributed by atoms with van der Waals surface area (Å²) in [6.45, 7) is 2.09. The number of fused-ring (bicyclic) bond motifs is 2. The van der Waals surface area contributed by atoms with Gasteiger partial charge in [-0.2, -0.15) is 0 Å². The van der Waals surface area contributed by atoms with Crippen molar-refractivity contribution in [1.29, 1.82) is 0 Å². The molecule has 2 amide bonds. The molecule has 6 heteroatoms. The Balaban J connectivity index is 1.49. The molecule has 5 nitrogen and oxygen atoms in total. The molecule has 32 heavy (non-hydrogen) atoms. The molecule has 0 saturated carbocycles. The Bertz CT molecular complexity index is 1340. The molecular weight excluding hydrogens is 420 g/mol. The minimum absolute atomic E-state index is 0.0271. The summed E-state index contributed by atoms with van der Waals surface area (Å²) in [7, 11) is 1.71. The average Bonchev–Trinajstić information content (AvgIpc) is 3.17. The number of benzene rings is 3. The average molecular weight is 443 g/mol. The molecular formula is C26H22N2O3S. The Hall–Kier alpha value is -3.64. The van der Waals surface area contributed by atoms with E-state index >= 15 is 0 Å². The summed E-state index contributed by atoms with van der Waals surface area (Å²) >= 11 is 1.50. The fourth-order valence-corrected chi connectivity index (χ4v) is 5.02. The van der Waals surface area contributed by atoms with Crippen molar-refractivity contribution in [3.63, 3.8) is 0 Å². The van der Waals surface area contributed by atoms with Crippen LogP contribution in [0.4, 0.5) is 11.4 Å². The minimum Gasteiger partial charge on any atom is -0.482 e. The van der Waals surface area contributed by atoms with Crippen molar-refractivity contribution in [1.82, 2.24) is 0 Å². The zero-order valence-electron chi connectivity index (χ0n) is 17.8. The molecule has 0 atom stereocenters. The Morgan fingerprint density at radius 3 is 2.69 bits per heavy atom. The van der Waals surface area contributed by atoms with E-state index in [1.807, 2.05) is 18.2 Å². The van der Waals surface area contributed by atoms with Crippen LogP contribution in [0.15, 0.2) is 66.7 Å². The van der Waals surface area contributed by atoms with Crippen molar-refractivity contribution in [2.45, 2.75) is 13.3 Å². The van der Waals surface area contributed by atoms with Gasteiger partial charge in [0.05, 0.1) is 10.6 Å². The molecule has 5 rings (SSSR count). The van der Waals surface area contributed by atoms with Gasteiger partial charge in [0.2, 0.25) is 0 Å². The zero-order valence-corrected chi connectivity index (χ0v) is 18.7. The molecule has 1 aromatic heterocycles. The summed E-state index contributed by atoms with van der Waals surface area (Å²) in [5.74, 6) is 0.358. The third-order valence-electron chi connectivity index (χ3n) is 5.71. The molecule has 4 aromatic rings. The Labute approximate surface area is 190 Å². The molecule has 1 aliphatic rings. The lowest BCUT2D eigenvalue weighted by molar-refractivity contribution is -0.120. The third kappa shape index (κ3) is 3.74. The van der Waals surface area contributed by atoms with Crippen LogP contribution in [-0.4, -0.2) is 25.5 Å². The summed E-state index contributed by atoms with van der Waals surface area (Å²) in [6.07, 6.45) is 0.683. The normalized spacial score (nSPS) is 13.1. The monoisotopic (exact) mass is 442 g/mol. The quantitative estimate of drug-likeness (QED) is 0.460. The summed E-state index contributed by atoms with van der Waals surface area (Å²) in [6, 6.07) is 21.9. The van der Waals surface area contributed by atoms with E-state index in [2.05, 4.69) is 42.6 Å². The van der Waals surface area contributed by atoms with Crippen LogP contribution in [0.2, 0.25) is 0 Å². The number of aryl methyl sites for hydroxylation is 1. The molecule has 2 heterocycles. The van der Waals surface area contributed by atoms with Crippen LogP contribution < -0.4 is 15.0 Å². The fourth-order valence-electron chi connectivity index (χ4n) is 3.91. The number of nitrogens with zero attached hydrogens (tertiary/aromatic N) is 1. The smallest absolute Gasteiger partial charge is 0.266 e. The molecule has 0 bridgehead atoms. The minimum atomic E-state index is -0.154. The first-order chi connectivity index (χ1) is 15.5. The molecule has 0 spiro atoms. The summed E-state index contributed by atoms with van der Waals surface area (Å²) in [5, 5.41) is 4.12. The van der Waals surface area contributed by atoms with E-state index in [-0.39, 0.29) is 18.4 Å². The van der Waals surface area contributed by atoms with E-state index in [0.717, 1.165) is 15.6 Å². The van der Waals surface area contributed by atoms with Gasteiger partial charge in [-0.15, -0.1) is 11.3 Å². The summed E-state index contributed by atoms with van der Waals surface area (Å²) in [4.78, 5) is 27.6. The molecule has 0 aliphatic carbocycles. The Morgan fingerprint density at radius 2 is 1.88 bits per heavy atom. The Morgan fingerprint density at radius 1 is 1.09 bits per heavy atom. The second-order valence-electron chi connectivity index (χ2n) is 7.95. The van der Waals surface area contributed by atoms with E-state index in [9.17, 15) is 9.59 Å². The van der Waals surface area contributed by atoms with Crippen molar-refractivity contribution >= 4 is 44.6 Å². The van der Waals surface area contributed by atoms with Gasteiger partial charge in [-0.05, 0) is 54.1 Å². The van der Waals surface area contributed by atoms with Gasteiger partial charge in [0.15, 0.2) is 6.61 Å². The van der Waals surface area contributed by atoms with Crippen LogP contribution >= 0.6 is 11.3 Å². The van der Waals surface area contributed by atoms with Gasteiger partial charge in [0.25, 0.3) is 11.8 Å². The second kappa shape index (κ2) is 8.13. The lowest BCUT2D eigenvalue weighted by atomic mass is 10.0. The van der Waals surface area contributed by atoms with Gasteiger partial charge >= 0.3 is 0 Å². The fraction of sp³-hybridized carbons (Fsp3) is 0.154. The van der Waals surface area contributed by atoms with E-state index < -0.39 is 0 Å². The maximum absolute atomic E-state index is 13.4. The number of hydrogen-bond donors (Lipinski definition) is 1. The lowest BCUT2D eigenvalue weighted by Crippen LogP contribution is -2.35. The molecule has 3 aromatic carbocycles. The number of nitrogens with one attached hydrogen (secondary N) is 1. The van der Waals surface area contributed by atoms with E-state index in [0.29, 0.717) is 28.4 Å². The van der Waals surface area contributed by atoms with Gasteiger partial charge in [-0.3, -0.25) is 9.59 Å². The number of carbonyl (C=O) groups excluding carboxylic acids is 2. The van der Waals surface area contributed by atoms with Crippen LogP contribution in [0.5, 0.6) is 5.75 Å². The van der Waals surface area contributed by atoms with Crippen LogP contribution in [0.3, 0.4) is 0 Å². The van der Waals surface area contributed by atoms with Gasteiger partial charge in [-0.1, -0.05) is 48.0 Å². The highest BCUT2D eigenvalue weighted by Gasteiger charge is 2.24. The standard InChI is InChI=1S/C26H22N2O3S/c1-16-7-9-17(10-8-16)13-20-19-5-3-4-6-23(19)32-25(20)26(30)27-18-11-12-22-21(14-18)28(2)24(29)15-31-22/h3-12,14H,13,15H2,1-2H3,(H,27,30). The van der Waals surface area contributed by atoms with Crippen molar-refractivity contribution in [2.24, 2.45) is 0 Å². The first kappa shape index (κ1) is 20.3. The predicted molar refractivity (Wildman–Crippen MR) is 129 cm³/mol. The third-order valence-corrected chi connectivity index (χ3v) is 6.92. The molecule has 1 aliphatic heterocycles. The Kier molecular flexibility index (Phi) is 5.15. The number of ether oxygens (including phenoxy) is 1. The number of hydrogen-bond acceptors (Lipinski definition) is 4. The van der Waals surface area contributed by atoms with Gasteiger partial charge in [0, 0.05) is 17.4 Å².